The Bertz CT molecular complexity index is 691. The first-order valence-electron chi connectivity index (χ1n) is 7.72. The maximum absolute atomic E-state index is 13.2. The molecule has 1 aromatic carbocycles. The SMILES string of the molecule is CCS(=O)(=O)CCNC(=NC)NCC(C)(C)c1ccc(F)cc1Cl. The van der Waals surface area contributed by atoms with E-state index in [0.29, 0.717) is 17.5 Å². The van der Waals surface area contributed by atoms with Crippen molar-refractivity contribution in [2.45, 2.75) is 26.2 Å². The van der Waals surface area contributed by atoms with E-state index in [1.54, 1.807) is 20.0 Å². The highest BCUT2D eigenvalue weighted by atomic mass is 35.5. The third kappa shape index (κ3) is 6.28. The van der Waals surface area contributed by atoms with Crippen LogP contribution >= 0.6 is 11.6 Å². The highest BCUT2D eigenvalue weighted by molar-refractivity contribution is 7.91. The average Bonchev–Trinajstić information content (AvgIpc) is 2.50. The van der Waals surface area contributed by atoms with Crippen LogP contribution in [-0.2, 0) is 15.3 Å². The monoisotopic (exact) mass is 377 g/mol. The largest absolute Gasteiger partial charge is 0.356 e. The van der Waals surface area contributed by atoms with Gasteiger partial charge in [-0.05, 0) is 17.7 Å². The van der Waals surface area contributed by atoms with Gasteiger partial charge in [0.25, 0.3) is 0 Å². The van der Waals surface area contributed by atoms with Crippen molar-refractivity contribution < 1.29 is 12.8 Å². The Kier molecular flexibility index (Phi) is 7.48. The lowest BCUT2D eigenvalue weighted by Gasteiger charge is -2.27. The molecule has 0 atom stereocenters. The van der Waals surface area contributed by atoms with E-state index >= 15 is 0 Å². The van der Waals surface area contributed by atoms with Crippen LogP contribution in [0.25, 0.3) is 0 Å². The average molecular weight is 378 g/mol. The van der Waals surface area contributed by atoms with E-state index in [4.69, 9.17) is 11.6 Å². The summed E-state index contributed by atoms with van der Waals surface area (Å²) in [6, 6.07) is 4.34. The van der Waals surface area contributed by atoms with Gasteiger partial charge in [-0.25, -0.2) is 12.8 Å². The van der Waals surface area contributed by atoms with E-state index < -0.39 is 9.84 Å². The molecule has 0 fully saturated rings. The lowest BCUT2D eigenvalue weighted by Crippen LogP contribution is -2.44. The summed E-state index contributed by atoms with van der Waals surface area (Å²) in [4.78, 5) is 4.07. The number of nitrogens with zero attached hydrogens (tertiary/aromatic N) is 1. The van der Waals surface area contributed by atoms with Gasteiger partial charge >= 0.3 is 0 Å². The van der Waals surface area contributed by atoms with Gasteiger partial charge < -0.3 is 10.6 Å². The van der Waals surface area contributed by atoms with Crippen LogP contribution in [0.4, 0.5) is 4.39 Å². The molecule has 0 aliphatic heterocycles. The summed E-state index contributed by atoms with van der Waals surface area (Å²) in [5.74, 6) is 0.309. The predicted molar refractivity (Wildman–Crippen MR) is 98.1 cm³/mol. The molecule has 0 bridgehead atoms. The van der Waals surface area contributed by atoms with Crippen molar-refractivity contribution in [3.05, 3.63) is 34.6 Å². The van der Waals surface area contributed by atoms with E-state index in [1.165, 1.54) is 12.1 Å². The molecule has 1 aromatic rings. The van der Waals surface area contributed by atoms with E-state index in [0.717, 1.165) is 5.56 Å². The first kappa shape index (κ1) is 20.7. The molecular formula is C16H25ClFN3O2S. The van der Waals surface area contributed by atoms with Gasteiger partial charge in [0.15, 0.2) is 15.8 Å². The van der Waals surface area contributed by atoms with Crippen molar-refractivity contribution in [1.29, 1.82) is 0 Å². The highest BCUT2D eigenvalue weighted by Gasteiger charge is 2.24. The molecule has 5 nitrogen and oxygen atoms in total. The first-order chi connectivity index (χ1) is 11.1. The van der Waals surface area contributed by atoms with E-state index in [2.05, 4.69) is 15.6 Å². The normalized spacial score (nSPS) is 13.0. The molecule has 0 amide bonds. The minimum atomic E-state index is -3.02. The number of guanidine groups is 1. The molecule has 0 saturated heterocycles. The fraction of sp³-hybridized carbons (Fsp3) is 0.562. The van der Waals surface area contributed by atoms with Gasteiger partial charge in [-0.3, -0.25) is 4.99 Å². The Balaban J connectivity index is 2.64. The van der Waals surface area contributed by atoms with E-state index in [9.17, 15) is 12.8 Å². The third-order valence-corrected chi connectivity index (χ3v) is 5.75. The molecule has 0 radical (unpaired) electrons. The summed E-state index contributed by atoms with van der Waals surface area (Å²) in [5.41, 5.74) is 0.458. The molecule has 0 unspecified atom stereocenters. The Labute approximate surface area is 148 Å². The maximum Gasteiger partial charge on any atom is 0.191 e. The number of benzene rings is 1. The number of sulfone groups is 1. The van der Waals surface area contributed by atoms with Gasteiger partial charge in [0.1, 0.15) is 5.82 Å². The van der Waals surface area contributed by atoms with Crippen molar-refractivity contribution >= 4 is 27.4 Å². The summed E-state index contributed by atoms with van der Waals surface area (Å²) in [6.45, 7) is 6.37. The zero-order chi connectivity index (χ0) is 18.4. The second-order valence-electron chi connectivity index (χ2n) is 6.10. The number of rotatable bonds is 7. The molecule has 0 aliphatic rings. The Hall–Kier alpha value is -1.34. The number of halogens is 2. The topological polar surface area (TPSA) is 70.6 Å². The summed E-state index contributed by atoms with van der Waals surface area (Å²) in [6.07, 6.45) is 0. The van der Waals surface area contributed by atoms with Crippen LogP contribution in [0.15, 0.2) is 23.2 Å². The summed E-state index contributed by atoms with van der Waals surface area (Å²) < 4.78 is 36.2. The second kappa shape index (κ2) is 8.67. The van der Waals surface area contributed by atoms with Crippen molar-refractivity contribution in [3.63, 3.8) is 0 Å². The smallest absolute Gasteiger partial charge is 0.191 e. The van der Waals surface area contributed by atoms with Crippen LogP contribution in [-0.4, -0.2) is 46.0 Å². The minimum Gasteiger partial charge on any atom is -0.356 e. The molecule has 0 aromatic heterocycles. The molecule has 0 aliphatic carbocycles. The summed E-state index contributed by atoms with van der Waals surface area (Å²) >= 11 is 6.13. The zero-order valence-electron chi connectivity index (χ0n) is 14.5. The summed E-state index contributed by atoms with van der Waals surface area (Å²) in [7, 11) is -1.41. The van der Waals surface area contributed by atoms with Crippen molar-refractivity contribution in [3.8, 4) is 0 Å². The van der Waals surface area contributed by atoms with Crippen LogP contribution in [0, 0.1) is 5.82 Å². The predicted octanol–water partition coefficient (Wildman–Crippen LogP) is 2.36. The van der Waals surface area contributed by atoms with Crippen LogP contribution in [0.3, 0.4) is 0 Å². The number of aliphatic imine (C=N–C) groups is 1. The van der Waals surface area contributed by atoms with Gasteiger partial charge in [0.05, 0.1) is 5.75 Å². The minimum absolute atomic E-state index is 0.0530. The van der Waals surface area contributed by atoms with Gasteiger partial charge in [-0.1, -0.05) is 38.4 Å². The van der Waals surface area contributed by atoms with E-state index in [-0.39, 0.29) is 29.3 Å². The maximum atomic E-state index is 13.2. The molecule has 0 spiro atoms. The molecule has 0 saturated carbocycles. The molecule has 0 heterocycles. The summed E-state index contributed by atoms with van der Waals surface area (Å²) in [5, 5.41) is 6.49. The van der Waals surface area contributed by atoms with Crippen LogP contribution in [0.5, 0.6) is 0 Å². The highest BCUT2D eigenvalue weighted by Crippen LogP contribution is 2.29. The van der Waals surface area contributed by atoms with Crippen LogP contribution in [0.1, 0.15) is 26.3 Å². The molecule has 8 heteroatoms. The Morgan fingerprint density at radius 2 is 2.00 bits per heavy atom. The Morgan fingerprint density at radius 1 is 1.33 bits per heavy atom. The lowest BCUT2D eigenvalue weighted by molar-refractivity contribution is 0.507. The standard InChI is InChI=1S/C16H25ClFN3O2S/c1-5-24(22,23)9-8-20-15(19-4)21-11-16(2,3)13-7-6-12(18)10-14(13)17/h6-7,10H,5,8-9,11H2,1-4H3,(H2,19,20,21). The Morgan fingerprint density at radius 3 is 2.54 bits per heavy atom. The number of nitrogens with one attached hydrogen (secondary N) is 2. The van der Waals surface area contributed by atoms with Gasteiger partial charge in [0.2, 0.25) is 0 Å². The molecule has 2 N–H and O–H groups in total. The fourth-order valence-corrected chi connectivity index (χ4v) is 3.25. The van der Waals surface area contributed by atoms with Crippen molar-refractivity contribution in [1.82, 2.24) is 10.6 Å². The molecule has 24 heavy (non-hydrogen) atoms. The molecule has 1 rings (SSSR count). The quantitative estimate of drug-likeness (QED) is 0.565. The lowest BCUT2D eigenvalue weighted by atomic mass is 9.84. The van der Waals surface area contributed by atoms with Gasteiger partial charge in [-0.15, -0.1) is 0 Å². The van der Waals surface area contributed by atoms with Crippen molar-refractivity contribution in [2.24, 2.45) is 4.99 Å². The second-order valence-corrected chi connectivity index (χ2v) is 8.98. The zero-order valence-corrected chi connectivity index (χ0v) is 16.1. The van der Waals surface area contributed by atoms with Crippen LogP contribution in [0.2, 0.25) is 5.02 Å². The van der Waals surface area contributed by atoms with Crippen molar-refractivity contribution in [2.75, 3.05) is 31.6 Å². The van der Waals surface area contributed by atoms with E-state index in [1.807, 2.05) is 13.8 Å². The van der Waals surface area contributed by atoms with Gasteiger partial charge in [0, 0.05) is 36.3 Å². The van der Waals surface area contributed by atoms with Crippen LogP contribution < -0.4 is 10.6 Å². The van der Waals surface area contributed by atoms with Gasteiger partial charge in [-0.2, -0.15) is 0 Å². The fourth-order valence-electron chi connectivity index (χ4n) is 2.13. The number of hydrogen-bond acceptors (Lipinski definition) is 3. The third-order valence-electron chi connectivity index (χ3n) is 3.73. The molecule has 136 valence electrons. The first-order valence-corrected chi connectivity index (χ1v) is 9.91. The molecular weight excluding hydrogens is 353 g/mol. The number of hydrogen-bond donors (Lipinski definition) is 2.